The molecule has 0 spiro atoms. The Hall–Kier alpha value is -1.92. The highest BCUT2D eigenvalue weighted by Crippen LogP contribution is 2.41. The lowest BCUT2D eigenvalue weighted by Gasteiger charge is -2.28. The van der Waals surface area contributed by atoms with E-state index in [9.17, 15) is 15.2 Å². The number of nitrogens with zero attached hydrogens (tertiary/aromatic N) is 2. The summed E-state index contributed by atoms with van der Waals surface area (Å²) in [6.45, 7) is 3.07. The lowest BCUT2D eigenvalue weighted by molar-refractivity contribution is -0.383. The third-order valence-electron chi connectivity index (χ3n) is 3.74. The molecule has 1 aliphatic rings. The lowest BCUT2D eigenvalue weighted by atomic mass is 10.0. The molecule has 110 valence electrons. The van der Waals surface area contributed by atoms with Gasteiger partial charge in [-0.3, -0.25) is 10.1 Å². The number of aliphatic hydroxyl groups is 1. The Bertz CT molecular complexity index is 681. The standard InChI is InChI=1S/C15H16N2O3S/c1-10(18)14-8-13(17(19)20)15(21-14)16-7-6-11-4-2-3-5-12(11)9-16/h2-5,8,10,18H,6-7,9H2,1H3/t10-/m0/s1. The maximum atomic E-state index is 11.2. The van der Waals surface area contributed by atoms with Gasteiger partial charge in [0.25, 0.3) is 0 Å². The maximum Gasteiger partial charge on any atom is 0.304 e. The predicted octanol–water partition coefficient (Wildman–Crippen LogP) is 3.27. The van der Waals surface area contributed by atoms with Crippen LogP contribution in [-0.2, 0) is 13.0 Å². The quantitative estimate of drug-likeness (QED) is 0.698. The molecule has 1 N–H and O–H groups in total. The van der Waals surface area contributed by atoms with E-state index in [-0.39, 0.29) is 10.6 Å². The highest BCUT2D eigenvalue weighted by atomic mass is 32.1. The number of anilines is 1. The summed E-state index contributed by atoms with van der Waals surface area (Å²) in [5, 5.41) is 21.6. The number of rotatable bonds is 3. The van der Waals surface area contributed by atoms with E-state index in [1.165, 1.54) is 28.5 Å². The summed E-state index contributed by atoms with van der Waals surface area (Å²) >= 11 is 1.31. The molecular formula is C15H16N2O3S. The van der Waals surface area contributed by atoms with Crippen molar-refractivity contribution >= 4 is 22.0 Å². The Morgan fingerprint density at radius 3 is 2.76 bits per heavy atom. The number of hydrogen-bond donors (Lipinski definition) is 1. The smallest absolute Gasteiger partial charge is 0.304 e. The number of aliphatic hydroxyl groups excluding tert-OH is 1. The van der Waals surface area contributed by atoms with Gasteiger partial charge in [0.2, 0.25) is 0 Å². The van der Waals surface area contributed by atoms with Crippen LogP contribution in [0.5, 0.6) is 0 Å². The van der Waals surface area contributed by atoms with Crippen LogP contribution in [0.25, 0.3) is 0 Å². The average Bonchev–Trinajstić information content (AvgIpc) is 2.92. The molecule has 1 aromatic carbocycles. The summed E-state index contributed by atoms with van der Waals surface area (Å²) in [5.74, 6) is 0. The Labute approximate surface area is 126 Å². The maximum absolute atomic E-state index is 11.2. The molecule has 0 fully saturated rings. The average molecular weight is 304 g/mol. The van der Waals surface area contributed by atoms with Crippen molar-refractivity contribution in [1.82, 2.24) is 0 Å². The molecular weight excluding hydrogens is 288 g/mol. The predicted molar refractivity (Wildman–Crippen MR) is 82.8 cm³/mol. The minimum Gasteiger partial charge on any atom is -0.388 e. The van der Waals surface area contributed by atoms with Crippen molar-refractivity contribution in [2.45, 2.75) is 26.0 Å². The number of benzene rings is 1. The summed E-state index contributed by atoms with van der Waals surface area (Å²) in [4.78, 5) is 13.6. The fourth-order valence-electron chi connectivity index (χ4n) is 2.62. The monoisotopic (exact) mass is 304 g/mol. The fourth-order valence-corrected chi connectivity index (χ4v) is 3.71. The zero-order valence-corrected chi connectivity index (χ0v) is 12.5. The van der Waals surface area contributed by atoms with E-state index in [1.54, 1.807) is 6.92 Å². The Kier molecular flexibility index (Phi) is 3.65. The van der Waals surface area contributed by atoms with Gasteiger partial charge in [-0.15, -0.1) is 11.3 Å². The number of nitro groups is 1. The Morgan fingerprint density at radius 2 is 2.10 bits per heavy atom. The van der Waals surface area contributed by atoms with E-state index in [2.05, 4.69) is 12.1 Å². The highest BCUT2D eigenvalue weighted by molar-refractivity contribution is 7.16. The second kappa shape index (κ2) is 5.46. The van der Waals surface area contributed by atoms with Crippen molar-refractivity contribution in [2.24, 2.45) is 0 Å². The van der Waals surface area contributed by atoms with E-state index in [0.717, 1.165) is 13.0 Å². The van der Waals surface area contributed by atoms with Crippen molar-refractivity contribution in [3.63, 3.8) is 0 Å². The molecule has 21 heavy (non-hydrogen) atoms. The molecule has 0 radical (unpaired) electrons. The summed E-state index contributed by atoms with van der Waals surface area (Å²) in [7, 11) is 0. The molecule has 1 aromatic heterocycles. The van der Waals surface area contributed by atoms with E-state index in [1.807, 2.05) is 17.0 Å². The zero-order chi connectivity index (χ0) is 15.0. The Morgan fingerprint density at radius 1 is 1.38 bits per heavy atom. The highest BCUT2D eigenvalue weighted by Gasteiger charge is 2.27. The van der Waals surface area contributed by atoms with Gasteiger partial charge in [-0.05, 0) is 24.5 Å². The van der Waals surface area contributed by atoms with Crippen molar-refractivity contribution < 1.29 is 10.0 Å². The summed E-state index contributed by atoms with van der Waals surface area (Å²) < 4.78 is 0. The van der Waals surface area contributed by atoms with Gasteiger partial charge >= 0.3 is 5.69 Å². The first-order valence-corrected chi connectivity index (χ1v) is 7.66. The lowest BCUT2D eigenvalue weighted by Crippen LogP contribution is -2.30. The molecule has 0 unspecified atom stereocenters. The molecule has 0 aliphatic carbocycles. The molecule has 1 atom stereocenters. The summed E-state index contributed by atoms with van der Waals surface area (Å²) in [6, 6.07) is 9.68. The van der Waals surface area contributed by atoms with E-state index in [4.69, 9.17) is 0 Å². The van der Waals surface area contributed by atoms with E-state index in [0.29, 0.717) is 16.4 Å². The van der Waals surface area contributed by atoms with Crippen LogP contribution in [-0.4, -0.2) is 16.6 Å². The van der Waals surface area contributed by atoms with Gasteiger partial charge in [-0.1, -0.05) is 24.3 Å². The third kappa shape index (κ3) is 2.64. The van der Waals surface area contributed by atoms with Gasteiger partial charge in [-0.2, -0.15) is 0 Å². The zero-order valence-electron chi connectivity index (χ0n) is 11.7. The topological polar surface area (TPSA) is 66.6 Å². The minimum absolute atomic E-state index is 0.0929. The molecule has 5 nitrogen and oxygen atoms in total. The van der Waals surface area contributed by atoms with Crippen molar-refractivity contribution in [3.05, 3.63) is 56.5 Å². The van der Waals surface area contributed by atoms with Crippen molar-refractivity contribution in [3.8, 4) is 0 Å². The van der Waals surface area contributed by atoms with E-state index < -0.39 is 6.10 Å². The van der Waals surface area contributed by atoms with Gasteiger partial charge in [0.1, 0.15) is 0 Å². The van der Waals surface area contributed by atoms with Gasteiger partial charge in [0.05, 0.1) is 11.0 Å². The van der Waals surface area contributed by atoms with Gasteiger partial charge in [0.15, 0.2) is 5.00 Å². The molecule has 0 bridgehead atoms. The number of thiophene rings is 1. The molecule has 1 aliphatic heterocycles. The van der Waals surface area contributed by atoms with Crippen LogP contribution < -0.4 is 4.90 Å². The Balaban J connectivity index is 1.96. The summed E-state index contributed by atoms with van der Waals surface area (Å²) in [5.41, 5.74) is 2.61. The van der Waals surface area contributed by atoms with Crippen LogP contribution in [0.3, 0.4) is 0 Å². The normalized spacial score (nSPS) is 15.6. The molecule has 0 saturated carbocycles. The molecule has 0 saturated heterocycles. The van der Waals surface area contributed by atoms with Gasteiger partial charge in [0, 0.05) is 24.0 Å². The molecule has 0 amide bonds. The molecule has 3 rings (SSSR count). The molecule has 2 aromatic rings. The van der Waals surface area contributed by atoms with Crippen LogP contribution in [0.2, 0.25) is 0 Å². The second-order valence-electron chi connectivity index (χ2n) is 5.21. The van der Waals surface area contributed by atoms with Gasteiger partial charge < -0.3 is 10.0 Å². The SMILES string of the molecule is C[C@H](O)c1cc([N+](=O)[O-])c(N2CCc3ccccc3C2)s1. The van der Waals surface area contributed by atoms with Crippen LogP contribution in [0, 0.1) is 10.1 Å². The van der Waals surface area contributed by atoms with E-state index >= 15 is 0 Å². The third-order valence-corrected chi connectivity index (χ3v) is 5.09. The minimum atomic E-state index is -0.681. The fraction of sp³-hybridized carbons (Fsp3) is 0.333. The first-order chi connectivity index (χ1) is 10.1. The number of hydrogen-bond acceptors (Lipinski definition) is 5. The first kappa shape index (κ1) is 14.0. The van der Waals surface area contributed by atoms with Crippen LogP contribution in [0.15, 0.2) is 30.3 Å². The van der Waals surface area contributed by atoms with Crippen molar-refractivity contribution in [2.75, 3.05) is 11.4 Å². The molecule has 2 heterocycles. The van der Waals surface area contributed by atoms with Crippen LogP contribution >= 0.6 is 11.3 Å². The largest absolute Gasteiger partial charge is 0.388 e. The van der Waals surface area contributed by atoms with Crippen molar-refractivity contribution in [1.29, 1.82) is 0 Å². The first-order valence-electron chi connectivity index (χ1n) is 6.84. The summed E-state index contributed by atoms with van der Waals surface area (Å²) in [6.07, 6.45) is 0.203. The van der Waals surface area contributed by atoms with Crippen LogP contribution in [0.1, 0.15) is 29.0 Å². The molecule has 6 heteroatoms. The second-order valence-corrected chi connectivity index (χ2v) is 6.27. The van der Waals surface area contributed by atoms with Gasteiger partial charge in [-0.25, -0.2) is 0 Å². The number of fused-ring (bicyclic) bond motifs is 1. The van der Waals surface area contributed by atoms with Crippen LogP contribution in [0.4, 0.5) is 10.7 Å².